The maximum Gasteiger partial charge on any atom is 0.0535 e. The Hall–Kier alpha value is -1.68. The molecule has 1 aromatic carbocycles. The first-order chi connectivity index (χ1) is 12.4. The number of hydrogen-bond acceptors (Lipinski definition) is 3. The van der Waals surface area contributed by atoms with E-state index in [9.17, 15) is 0 Å². The van der Waals surface area contributed by atoms with Crippen molar-refractivity contribution < 1.29 is 0 Å². The second-order valence-electron chi connectivity index (χ2n) is 6.08. The van der Waals surface area contributed by atoms with Gasteiger partial charge in [0, 0.05) is 16.0 Å². The zero-order chi connectivity index (χ0) is 17.1. The van der Waals surface area contributed by atoms with Crippen LogP contribution < -0.4 is 0 Å². The fraction of sp³-hybridized carbons (Fsp3) is 0.182. The van der Waals surface area contributed by atoms with E-state index in [2.05, 4.69) is 71.6 Å². The third-order valence-electron chi connectivity index (χ3n) is 4.39. The molecule has 126 valence electrons. The molecular formula is C22H20S3. The van der Waals surface area contributed by atoms with Gasteiger partial charge in [-0.3, -0.25) is 0 Å². The SMILES string of the molecule is CCCCc1csc(-c2sccc2-c2cccs2)c1-c1ccccc1. The van der Waals surface area contributed by atoms with E-state index in [0.717, 1.165) is 6.42 Å². The third-order valence-corrected chi connectivity index (χ3v) is 7.40. The van der Waals surface area contributed by atoms with Crippen molar-refractivity contribution in [3.05, 3.63) is 70.2 Å². The minimum Gasteiger partial charge on any atom is -0.144 e. The van der Waals surface area contributed by atoms with Crippen LogP contribution in [-0.4, -0.2) is 0 Å². The number of thiophene rings is 3. The highest BCUT2D eigenvalue weighted by atomic mass is 32.1. The molecule has 0 N–H and O–H groups in total. The number of hydrogen-bond donors (Lipinski definition) is 0. The van der Waals surface area contributed by atoms with Gasteiger partial charge in [-0.05, 0) is 52.2 Å². The van der Waals surface area contributed by atoms with Crippen LogP contribution in [0.4, 0.5) is 0 Å². The van der Waals surface area contributed by atoms with E-state index in [-0.39, 0.29) is 0 Å². The van der Waals surface area contributed by atoms with E-state index in [1.54, 1.807) is 0 Å². The summed E-state index contributed by atoms with van der Waals surface area (Å²) in [5.41, 5.74) is 5.66. The Bertz CT molecular complexity index is 927. The zero-order valence-corrected chi connectivity index (χ0v) is 16.6. The van der Waals surface area contributed by atoms with Gasteiger partial charge in [-0.1, -0.05) is 49.7 Å². The Morgan fingerprint density at radius 3 is 2.44 bits per heavy atom. The Morgan fingerprint density at radius 2 is 1.68 bits per heavy atom. The van der Waals surface area contributed by atoms with E-state index < -0.39 is 0 Å². The Labute approximate surface area is 161 Å². The molecule has 0 aliphatic rings. The monoisotopic (exact) mass is 380 g/mol. The largest absolute Gasteiger partial charge is 0.144 e. The van der Waals surface area contributed by atoms with Crippen LogP contribution in [0.3, 0.4) is 0 Å². The summed E-state index contributed by atoms with van der Waals surface area (Å²) in [6.45, 7) is 2.27. The third kappa shape index (κ3) is 3.37. The van der Waals surface area contributed by atoms with Gasteiger partial charge in [0.15, 0.2) is 0 Å². The first-order valence-electron chi connectivity index (χ1n) is 8.66. The normalized spacial score (nSPS) is 11.1. The smallest absolute Gasteiger partial charge is 0.0535 e. The molecule has 0 unspecified atom stereocenters. The molecular weight excluding hydrogens is 360 g/mol. The molecule has 0 spiro atoms. The van der Waals surface area contributed by atoms with E-state index in [1.807, 2.05) is 34.0 Å². The van der Waals surface area contributed by atoms with Gasteiger partial charge in [-0.25, -0.2) is 0 Å². The molecule has 0 radical (unpaired) electrons. The molecule has 0 saturated heterocycles. The lowest BCUT2D eigenvalue weighted by atomic mass is 9.97. The molecule has 0 atom stereocenters. The van der Waals surface area contributed by atoms with Crippen molar-refractivity contribution in [2.75, 3.05) is 0 Å². The van der Waals surface area contributed by atoms with Gasteiger partial charge in [0.25, 0.3) is 0 Å². The topological polar surface area (TPSA) is 0 Å². The molecule has 0 bridgehead atoms. The van der Waals surface area contributed by atoms with Crippen molar-refractivity contribution >= 4 is 34.0 Å². The highest BCUT2D eigenvalue weighted by molar-refractivity contribution is 7.22. The van der Waals surface area contributed by atoms with Crippen LogP contribution in [0.25, 0.3) is 31.3 Å². The lowest BCUT2D eigenvalue weighted by Gasteiger charge is -2.09. The van der Waals surface area contributed by atoms with Crippen molar-refractivity contribution in [3.63, 3.8) is 0 Å². The Morgan fingerprint density at radius 1 is 0.800 bits per heavy atom. The van der Waals surface area contributed by atoms with Crippen molar-refractivity contribution in [1.82, 2.24) is 0 Å². The van der Waals surface area contributed by atoms with Crippen molar-refractivity contribution in [2.24, 2.45) is 0 Å². The van der Waals surface area contributed by atoms with Crippen LogP contribution in [0.15, 0.2) is 64.7 Å². The predicted octanol–water partition coefficient (Wildman–Crippen LogP) is 8.21. The van der Waals surface area contributed by atoms with Crippen LogP contribution in [0.2, 0.25) is 0 Å². The van der Waals surface area contributed by atoms with Gasteiger partial charge < -0.3 is 0 Å². The molecule has 0 amide bonds. The Kier molecular flexibility index (Phi) is 5.16. The molecule has 25 heavy (non-hydrogen) atoms. The van der Waals surface area contributed by atoms with Crippen molar-refractivity contribution in [2.45, 2.75) is 26.2 Å². The average molecular weight is 381 g/mol. The van der Waals surface area contributed by atoms with Gasteiger partial charge in [0.1, 0.15) is 0 Å². The fourth-order valence-corrected chi connectivity index (χ4v) is 6.19. The lowest BCUT2D eigenvalue weighted by molar-refractivity contribution is 0.798. The summed E-state index contributed by atoms with van der Waals surface area (Å²) in [6.07, 6.45) is 3.65. The maximum atomic E-state index is 2.38. The number of benzene rings is 1. The predicted molar refractivity (Wildman–Crippen MR) is 115 cm³/mol. The summed E-state index contributed by atoms with van der Waals surface area (Å²) < 4.78 is 0. The van der Waals surface area contributed by atoms with E-state index in [1.165, 1.54) is 49.7 Å². The highest BCUT2D eigenvalue weighted by Gasteiger charge is 2.19. The number of rotatable bonds is 6. The molecule has 0 fully saturated rings. The van der Waals surface area contributed by atoms with Crippen molar-refractivity contribution in [1.29, 1.82) is 0 Å². The van der Waals surface area contributed by atoms with Crippen molar-refractivity contribution in [3.8, 4) is 31.3 Å². The van der Waals surface area contributed by atoms with Crippen LogP contribution in [0.5, 0.6) is 0 Å². The van der Waals surface area contributed by atoms with Gasteiger partial charge in [0.2, 0.25) is 0 Å². The summed E-state index contributed by atoms with van der Waals surface area (Å²) in [7, 11) is 0. The molecule has 3 heterocycles. The quantitative estimate of drug-likeness (QED) is 0.316. The molecule has 4 rings (SSSR count). The first kappa shape index (κ1) is 16.8. The highest BCUT2D eigenvalue weighted by Crippen LogP contribution is 2.47. The van der Waals surface area contributed by atoms with Gasteiger partial charge in [0.05, 0.1) is 9.75 Å². The molecule has 3 aromatic heterocycles. The molecule has 0 aliphatic heterocycles. The van der Waals surface area contributed by atoms with Crippen LogP contribution in [0, 0.1) is 0 Å². The summed E-state index contributed by atoms with van der Waals surface area (Å²) >= 11 is 5.59. The van der Waals surface area contributed by atoms with Gasteiger partial charge >= 0.3 is 0 Å². The zero-order valence-electron chi connectivity index (χ0n) is 14.2. The van der Waals surface area contributed by atoms with Crippen LogP contribution in [-0.2, 0) is 6.42 Å². The van der Waals surface area contributed by atoms with Crippen LogP contribution in [0.1, 0.15) is 25.3 Å². The number of aryl methyl sites for hydroxylation is 1. The maximum absolute atomic E-state index is 2.38. The fourth-order valence-electron chi connectivity index (χ4n) is 3.14. The molecule has 3 heteroatoms. The van der Waals surface area contributed by atoms with E-state index in [4.69, 9.17) is 0 Å². The van der Waals surface area contributed by atoms with Gasteiger partial charge in [-0.2, -0.15) is 0 Å². The first-order valence-corrected chi connectivity index (χ1v) is 11.3. The average Bonchev–Trinajstić information content (AvgIpc) is 3.39. The minimum atomic E-state index is 1.16. The van der Waals surface area contributed by atoms with Crippen LogP contribution >= 0.6 is 34.0 Å². The van der Waals surface area contributed by atoms with E-state index in [0.29, 0.717) is 0 Å². The summed E-state index contributed by atoms with van der Waals surface area (Å²) in [6, 6.07) is 17.5. The summed E-state index contributed by atoms with van der Waals surface area (Å²) in [4.78, 5) is 4.20. The molecule has 0 aliphatic carbocycles. The number of unbranched alkanes of at least 4 members (excludes halogenated alkanes) is 1. The molecule has 0 nitrogen and oxygen atoms in total. The Balaban J connectivity index is 1.86. The molecule has 4 aromatic rings. The van der Waals surface area contributed by atoms with E-state index >= 15 is 0 Å². The summed E-state index contributed by atoms with van der Waals surface area (Å²) in [5.74, 6) is 0. The standard InChI is InChI=1S/C22H20S3/c1-2-3-8-17-15-25-22(20(17)16-9-5-4-6-10-16)21-18(12-14-24-21)19-11-7-13-23-19/h4-7,9-15H,2-3,8H2,1H3. The lowest BCUT2D eigenvalue weighted by Crippen LogP contribution is -1.87. The summed E-state index contributed by atoms with van der Waals surface area (Å²) in [5, 5.41) is 6.77. The second-order valence-corrected chi connectivity index (χ2v) is 8.82. The molecule has 0 saturated carbocycles. The second kappa shape index (κ2) is 7.69. The van der Waals surface area contributed by atoms with Gasteiger partial charge in [-0.15, -0.1) is 34.0 Å². The minimum absolute atomic E-state index is 1.16.